The normalized spacial score (nSPS) is 17.1. The van der Waals surface area contributed by atoms with E-state index in [1.165, 1.54) is 11.8 Å². The Labute approximate surface area is 144 Å². The molecule has 0 spiro atoms. The SMILES string of the molecule is CC1=C(C(=O)Nc2ccccc2)[C@@H](C)C(C#N)=C(SCC(N)=O)N1. The molecule has 24 heavy (non-hydrogen) atoms. The third kappa shape index (κ3) is 3.97. The molecule has 2 rings (SSSR count). The Morgan fingerprint density at radius 3 is 2.62 bits per heavy atom. The van der Waals surface area contributed by atoms with Gasteiger partial charge < -0.3 is 16.4 Å². The number of amides is 2. The van der Waals surface area contributed by atoms with Crippen LogP contribution in [-0.4, -0.2) is 17.6 Å². The van der Waals surface area contributed by atoms with Crippen molar-refractivity contribution in [2.24, 2.45) is 11.7 Å². The molecule has 0 saturated carbocycles. The van der Waals surface area contributed by atoms with Crippen molar-refractivity contribution in [3.63, 3.8) is 0 Å². The molecular weight excluding hydrogens is 324 g/mol. The van der Waals surface area contributed by atoms with Gasteiger partial charge in [0.2, 0.25) is 5.91 Å². The summed E-state index contributed by atoms with van der Waals surface area (Å²) < 4.78 is 0. The van der Waals surface area contributed by atoms with Crippen molar-refractivity contribution in [1.29, 1.82) is 5.26 Å². The molecule has 0 aliphatic carbocycles. The van der Waals surface area contributed by atoms with Gasteiger partial charge >= 0.3 is 0 Å². The monoisotopic (exact) mass is 342 g/mol. The minimum atomic E-state index is -0.464. The van der Waals surface area contributed by atoms with Crippen molar-refractivity contribution in [3.05, 3.63) is 52.2 Å². The lowest BCUT2D eigenvalue weighted by Gasteiger charge is -2.27. The van der Waals surface area contributed by atoms with E-state index in [0.29, 0.717) is 27.6 Å². The first kappa shape index (κ1) is 17.6. The predicted molar refractivity (Wildman–Crippen MR) is 94.4 cm³/mol. The first-order chi connectivity index (χ1) is 11.4. The summed E-state index contributed by atoms with van der Waals surface area (Å²) in [6.07, 6.45) is 0. The molecule has 0 unspecified atom stereocenters. The van der Waals surface area contributed by atoms with Crippen molar-refractivity contribution in [3.8, 4) is 6.07 Å². The number of primary amides is 1. The number of allylic oxidation sites excluding steroid dienone is 2. The van der Waals surface area contributed by atoms with Crippen LogP contribution in [0.5, 0.6) is 0 Å². The summed E-state index contributed by atoms with van der Waals surface area (Å²) in [5.74, 6) is -1.03. The number of rotatable bonds is 5. The van der Waals surface area contributed by atoms with Gasteiger partial charge in [0.25, 0.3) is 5.91 Å². The summed E-state index contributed by atoms with van der Waals surface area (Å²) in [5, 5.41) is 15.9. The maximum atomic E-state index is 12.6. The van der Waals surface area contributed by atoms with E-state index in [9.17, 15) is 14.9 Å². The van der Waals surface area contributed by atoms with E-state index < -0.39 is 5.91 Å². The number of anilines is 1. The van der Waals surface area contributed by atoms with Crippen LogP contribution < -0.4 is 16.4 Å². The summed E-state index contributed by atoms with van der Waals surface area (Å²) in [4.78, 5) is 23.6. The Hall–Kier alpha value is -2.72. The van der Waals surface area contributed by atoms with Crippen molar-refractivity contribution in [2.45, 2.75) is 13.8 Å². The Morgan fingerprint density at radius 1 is 1.38 bits per heavy atom. The van der Waals surface area contributed by atoms with Gasteiger partial charge in [0.05, 0.1) is 22.4 Å². The molecule has 1 heterocycles. The number of benzene rings is 1. The second-order valence-corrected chi connectivity index (χ2v) is 6.30. The lowest BCUT2D eigenvalue weighted by molar-refractivity contribution is -0.115. The zero-order chi connectivity index (χ0) is 17.7. The number of para-hydroxylation sites is 1. The van der Waals surface area contributed by atoms with Crippen molar-refractivity contribution >= 4 is 29.3 Å². The summed E-state index contributed by atoms with van der Waals surface area (Å²) in [5.41, 5.74) is 7.42. The summed E-state index contributed by atoms with van der Waals surface area (Å²) in [7, 11) is 0. The minimum Gasteiger partial charge on any atom is -0.369 e. The third-order valence-electron chi connectivity index (χ3n) is 3.57. The zero-order valence-electron chi connectivity index (χ0n) is 13.4. The number of nitrogens with two attached hydrogens (primary N) is 1. The van der Waals surface area contributed by atoms with Crippen LogP contribution in [0.3, 0.4) is 0 Å². The highest BCUT2D eigenvalue weighted by atomic mass is 32.2. The molecule has 7 heteroatoms. The van der Waals surface area contributed by atoms with E-state index in [0.717, 1.165) is 0 Å². The van der Waals surface area contributed by atoms with Gasteiger partial charge in [0.1, 0.15) is 0 Å². The highest BCUT2D eigenvalue weighted by molar-refractivity contribution is 8.03. The molecule has 1 aliphatic rings. The number of carbonyl (C=O) groups is 2. The number of thioether (sulfide) groups is 1. The molecule has 6 nitrogen and oxygen atoms in total. The number of dihydropyridines is 1. The maximum absolute atomic E-state index is 12.6. The van der Waals surface area contributed by atoms with E-state index in [4.69, 9.17) is 5.73 Å². The summed E-state index contributed by atoms with van der Waals surface area (Å²) >= 11 is 1.17. The molecular formula is C17H18N4O2S. The van der Waals surface area contributed by atoms with Crippen LogP contribution in [0.1, 0.15) is 13.8 Å². The molecule has 1 atom stereocenters. The van der Waals surface area contributed by atoms with Crippen LogP contribution in [0.2, 0.25) is 0 Å². The molecule has 2 amide bonds. The average molecular weight is 342 g/mol. The maximum Gasteiger partial charge on any atom is 0.253 e. The Balaban J connectivity index is 2.23. The van der Waals surface area contributed by atoms with Gasteiger partial charge in [-0.15, -0.1) is 0 Å². The van der Waals surface area contributed by atoms with Gasteiger partial charge in [-0.25, -0.2) is 0 Å². The second-order valence-electron chi connectivity index (χ2n) is 5.32. The fourth-order valence-electron chi connectivity index (χ4n) is 2.46. The van der Waals surface area contributed by atoms with E-state index in [2.05, 4.69) is 16.7 Å². The molecule has 0 bridgehead atoms. The number of hydrogen-bond donors (Lipinski definition) is 3. The van der Waals surface area contributed by atoms with Crippen LogP contribution in [0, 0.1) is 17.2 Å². The van der Waals surface area contributed by atoms with Crippen LogP contribution in [0.4, 0.5) is 5.69 Å². The Kier molecular flexibility index (Phi) is 5.66. The molecule has 124 valence electrons. The minimum absolute atomic E-state index is 0.0685. The average Bonchev–Trinajstić information content (AvgIpc) is 2.53. The van der Waals surface area contributed by atoms with E-state index in [1.807, 2.05) is 18.2 Å². The second kappa shape index (κ2) is 7.70. The Bertz CT molecular complexity index is 763. The standard InChI is InChI=1S/C17H18N4O2S/c1-10-13(8-18)17(24-9-14(19)22)20-11(2)15(10)16(23)21-12-6-4-3-5-7-12/h3-7,10,20H,9H2,1-2H3,(H2,19,22)(H,21,23)/t10-/m0/s1. The fraction of sp³-hybridized carbons (Fsp3) is 0.235. The van der Waals surface area contributed by atoms with Gasteiger partial charge in [-0.3, -0.25) is 9.59 Å². The summed E-state index contributed by atoms with van der Waals surface area (Å²) in [6, 6.07) is 11.2. The zero-order valence-corrected chi connectivity index (χ0v) is 14.2. The van der Waals surface area contributed by atoms with Crippen molar-refractivity contribution < 1.29 is 9.59 Å². The number of nitrogens with one attached hydrogen (secondary N) is 2. The first-order valence-corrected chi connectivity index (χ1v) is 8.32. The largest absolute Gasteiger partial charge is 0.369 e. The van der Waals surface area contributed by atoms with Gasteiger partial charge in [0, 0.05) is 22.9 Å². The number of nitrogens with zero attached hydrogens (tertiary/aromatic N) is 1. The van der Waals surface area contributed by atoms with Crippen molar-refractivity contribution in [1.82, 2.24) is 5.32 Å². The lowest BCUT2D eigenvalue weighted by Crippen LogP contribution is -2.30. The molecule has 0 saturated heterocycles. The fourth-order valence-corrected chi connectivity index (χ4v) is 3.35. The number of hydrogen-bond acceptors (Lipinski definition) is 5. The first-order valence-electron chi connectivity index (χ1n) is 7.33. The lowest BCUT2D eigenvalue weighted by atomic mass is 9.89. The van der Waals surface area contributed by atoms with E-state index >= 15 is 0 Å². The quantitative estimate of drug-likeness (QED) is 0.759. The van der Waals surface area contributed by atoms with Crippen LogP contribution in [0.15, 0.2) is 52.2 Å². The predicted octanol–water partition coefficient (Wildman–Crippen LogP) is 2.09. The molecule has 4 N–H and O–H groups in total. The molecule has 0 aromatic heterocycles. The molecule has 0 radical (unpaired) electrons. The smallest absolute Gasteiger partial charge is 0.253 e. The highest BCUT2D eigenvalue weighted by Gasteiger charge is 2.30. The van der Waals surface area contributed by atoms with Gasteiger partial charge in [0.15, 0.2) is 0 Å². The Morgan fingerprint density at radius 2 is 2.04 bits per heavy atom. The molecule has 1 aliphatic heterocycles. The van der Waals surface area contributed by atoms with Crippen molar-refractivity contribution in [2.75, 3.05) is 11.1 Å². The molecule has 1 aromatic rings. The number of nitriles is 1. The van der Waals surface area contributed by atoms with Crippen LogP contribution in [0.25, 0.3) is 0 Å². The van der Waals surface area contributed by atoms with Crippen LogP contribution >= 0.6 is 11.8 Å². The highest BCUT2D eigenvalue weighted by Crippen LogP contribution is 2.33. The van der Waals surface area contributed by atoms with Gasteiger partial charge in [-0.1, -0.05) is 36.9 Å². The molecule has 1 aromatic carbocycles. The van der Waals surface area contributed by atoms with Gasteiger partial charge in [-0.05, 0) is 19.1 Å². The number of carbonyl (C=O) groups excluding carboxylic acids is 2. The third-order valence-corrected chi connectivity index (χ3v) is 4.61. The van der Waals surface area contributed by atoms with Crippen LogP contribution in [-0.2, 0) is 9.59 Å². The van der Waals surface area contributed by atoms with Gasteiger partial charge in [-0.2, -0.15) is 5.26 Å². The van der Waals surface area contributed by atoms with E-state index in [1.54, 1.807) is 26.0 Å². The van der Waals surface area contributed by atoms with E-state index in [-0.39, 0.29) is 17.6 Å². The topological polar surface area (TPSA) is 108 Å². The summed E-state index contributed by atoms with van der Waals surface area (Å²) in [6.45, 7) is 3.57. The molecule has 0 fully saturated rings.